The largest absolute Gasteiger partial charge is 0.512 e. The van der Waals surface area contributed by atoms with Gasteiger partial charge in [0.25, 0.3) is 0 Å². The van der Waals surface area contributed by atoms with E-state index in [1.165, 1.54) is 50.8 Å². The number of nitrogens with zero attached hydrogens (tertiary/aromatic N) is 2. The standard InChI is InChI=1S/C14H24N.CN/c1-3-5-8-12-15-13-9-7-11-14(15)10-6-4-2;1-2/h7,9,11,13H,3-6,8,10,12H2,1-2H3;/q+1;-1. The zero-order valence-corrected chi connectivity index (χ0v) is 11.2. The first-order valence-corrected chi connectivity index (χ1v) is 6.58. The number of hydrogen-bond donors (Lipinski definition) is 0. The van der Waals surface area contributed by atoms with E-state index in [-0.39, 0.29) is 0 Å². The van der Waals surface area contributed by atoms with Gasteiger partial charge in [0.1, 0.15) is 6.54 Å². The van der Waals surface area contributed by atoms with Crippen LogP contribution in [0.15, 0.2) is 24.4 Å². The van der Waals surface area contributed by atoms with Gasteiger partial charge in [-0.2, -0.15) is 0 Å². The fourth-order valence-electron chi connectivity index (χ4n) is 1.85. The third-order valence-corrected chi connectivity index (χ3v) is 2.82. The Balaban J connectivity index is 0.00000121. The zero-order valence-electron chi connectivity index (χ0n) is 11.2. The van der Waals surface area contributed by atoms with Crippen LogP contribution in [-0.2, 0) is 13.0 Å². The second-order valence-electron chi connectivity index (χ2n) is 4.20. The number of rotatable bonds is 7. The van der Waals surface area contributed by atoms with Crippen molar-refractivity contribution >= 4 is 0 Å². The highest BCUT2D eigenvalue weighted by atomic mass is 14.9. The lowest BCUT2D eigenvalue weighted by Gasteiger charge is -2.02. The maximum absolute atomic E-state index is 6.25. The fourth-order valence-corrected chi connectivity index (χ4v) is 1.85. The first-order chi connectivity index (χ1) is 8.38. The second kappa shape index (κ2) is 11.1. The lowest BCUT2D eigenvalue weighted by Crippen LogP contribution is -2.37. The Hall–Kier alpha value is -1.36. The molecule has 0 atom stereocenters. The quantitative estimate of drug-likeness (QED) is 0.401. The van der Waals surface area contributed by atoms with Gasteiger partial charge in [-0.3, -0.25) is 0 Å². The first-order valence-electron chi connectivity index (χ1n) is 6.58. The van der Waals surface area contributed by atoms with Crippen LogP contribution in [-0.4, -0.2) is 0 Å². The molecule has 1 heterocycles. The molecule has 0 N–H and O–H groups in total. The van der Waals surface area contributed by atoms with Crippen molar-refractivity contribution in [2.24, 2.45) is 0 Å². The van der Waals surface area contributed by atoms with Crippen molar-refractivity contribution in [3.8, 4) is 0 Å². The van der Waals surface area contributed by atoms with Crippen LogP contribution in [0.4, 0.5) is 0 Å². The molecule has 0 aliphatic carbocycles. The van der Waals surface area contributed by atoms with E-state index < -0.39 is 0 Å². The molecule has 0 radical (unpaired) electrons. The van der Waals surface area contributed by atoms with Crippen LogP contribution in [0.25, 0.3) is 0 Å². The van der Waals surface area contributed by atoms with Gasteiger partial charge in [0, 0.05) is 25.0 Å². The summed E-state index contributed by atoms with van der Waals surface area (Å²) in [5, 5.41) is 6.25. The number of hydrogen-bond acceptors (Lipinski definition) is 1. The monoisotopic (exact) mass is 232 g/mol. The van der Waals surface area contributed by atoms with Crippen LogP contribution < -0.4 is 4.57 Å². The zero-order chi connectivity index (χ0) is 12.9. The summed E-state index contributed by atoms with van der Waals surface area (Å²) >= 11 is 0. The molecule has 1 aromatic rings. The molecule has 0 spiro atoms. The van der Waals surface area contributed by atoms with Crippen LogP contribution in [0.3, 0.4) is 0 Å². The predicted octanol–water partition coefficient (Wildman–Crippen LogP) is 3.60. The molecule has 0 saturated carbocycles. The minimum atomic E-state index is 1.19. The maximum Gasteiger partial charge on any atom is 0.181 e. The predicted molar refractivity (Wildman–Crippen MR) is 69.7 cm³/mol. The molecule has 17 heavy (non-hydrogen) atoms. The summed E-state index contributed by atoms with van der Waals surface area (Å²) in [6.07, 6.45) is 9.99. The van der Waals surface area contributed by atoms with Crippen molar-refractivity contribution < 1.29 is 4.57 Å². The van der Waals surface area contributed by atoms with Gasteiger partial charge < -0.3 is 11.8 Å². The fraction of sp³-hybridized carbons (Fsp3) is 0.600. The van der Waals surface area contributed by atoms with E-state index in [2.05, 4.69) is 42.8 Å². The van der Waals surface area contributed by atoms with Crippen LogP contribution in [0.5, 0.6) is 0 Å². The van der Waals surface area contributed by atoms with E-state index >= 15 is 0 Å². The maximum atomic E-state index is 6.25. The van der Waals surface area contributed by atoms with Crippen LogP contribution in [0.2, 0.25) is 0 Å². The van der Waals surface area contributed by atoms with E-state index in [0.29, 0.717) is 0 Å². The highest BCUT2D eigenvalue weighted by Crippen LogP contribution is 2.01. The summed E-state index contributed by atoms with van der Waals surface area (Å²) in [6, 6.07) is 6.56. The van der Waals surface area contributed by atoms with Gasteiger partial charge in [0.05, 0.1) is 0 Å². The number of pyridine rings is 1. The van der Waals surface area contributed by atoms with E-state index in [9.17, 15) is 0 Å². The molecular weight excluding hydrogens is 208 g/mol. The minimum absolute atomic E-state index is 1.19. The van der Waals surface area contributed by atoms with Crippen LogP contribution in [0.1, 0.15) is 51.6 Å². The molecule has 0 aliphatic rings. The number of aryl methyl sites for hydroxylation is 2. The number of aromatic nitrogens is 1. The van der Waals surface area contributed by atoms with E-state index in [1.54, 1.807) is 0 Å². The third kappa shape index (κ3) is 6.73. The van der Waals surface area contributed by atoms with E-state index in [4.69, 9.17) is 11.8 Å². The molecule has 0 unspecified atom stereocenters. The van der Waals surface area contributed by atoms with Gasteiger partial charge >= 0.3 is 0 Å². The summed E-state index contributed by atoms with van der Waals surface area (Å²) in [5.41, 5.74) is 1.50. The Labute approximate surface area is 106 Å². The van der Waals surface area contributed by atoms with Crippen molar-refractivity contribution in [2.45, 2.75) is 58.9 Å². The van der Waals surface area contributed by atoms with Gasteiger partial charge in [0.15, 0.2) is 11.9 Å². The molecule has 0 aromatic carbocycles. The SMILES string of the molecule is CCCCC[n+]1ccccc1CCCC.[C-]#N. The van der Waals surface area contributed by atoms with Crippen molar-refractivity contribution in [1.29, 1.82) is 5.26 Å². The molecule has 0 amide bonds. The van der Waals surface area contributed by atoms with Gasteiger partial charge in [-0.1, -0.05) is 32.8 Å². The average molecular weight is 232 g/mol. The van der Waals surface area contributed by atoms with Crippen LogP contribution in [0, 0.1) is 11.8 Å². The molecule has 0 fully saturated rings. The summed E-state index contributed by atoms with van der Waals surface area (Å²) in [6.45, 7) is 10.5. The number of unbranched alkanes of at least 4 members (excludes halogenated alkanes) is 3. The van der Waals surface area contributed by atoms with Crippen molar-refractivity contribution in [1.82, 2.24) is 0 Å². The molecule has 2 heteroatoms. The highest BCUT2D eigenvalue weighted by molar-refractivity contribution is 4.97. The normalized spacial score (nSPS) is 9.41. The molecule has 0 bridgehead atoms. The van der Waals surface area contributed by atoms with E-state index in [0.717, 1.165) is 0 Å². The lowest BCUT2D eigenvalue weighted by atomic mass is 10.1. The molecule has 94 valence electrons. The van der Waals surface area contributed by atoms with Crippen molar-refractivity contribution in [3.05, 3.63) is 36.7 Å². The Bertz CT molecular complexity index is 305. The average Bonchev–Trinajstić information content (AvgIpc) is 2.40. The van der Waals surface area contributed by atoms with E-state index in [1.807, 2.05) is 0 Å². The van der Waals surface area contributed by atoms with Crippen LogP contribution >= 0.6 is 0 Å². The Morgan fingerprint density at radius 3 is 2.41 bits per heavy atom. The van der Waals surface area contributed by atoms with Crippen molar-refractivity contribution in [3.63, 3.8) is 0 Å². The Morgan fingerprint density at radius 2 is 1.76 bits per heavy atom. The molecule has 0 aliphatic heterocycles. The smallest absolute Gasteiger partial charge is 0.181 e. The molecule has 0 saturated heterocycles. The van der Waals surface area contributed by atoms with Gasteiger partial charge in [-0.05, 0) is 12.8 Å². The summed E-state index contributed by atoms with van der Waals surface area (Å²) in [7, 11) is 0. The molecular formula is C15H24N2. The second-order valence-corrected chi connectivity index (χ2v) is 4.20. The van der Waals surface area contributed by atoms with Gasteiger partial charge in [0.2, 0.25) is 0 Å². The minimum Gasteiger partial charge on any atom is -0.512 e. The topological polar surface area (TPSA) is 27.7 Å². The summed E-state index contributed by atoms with van der Waals surface area (Å²) in [4.78, 5) is 0. The first kappa shape index (κ1) is 15.6. The molecule has 1 aromatic heterocycles. The van der Waals surface area contributed by atoms with Gasteiger partial charge in [-0.25, -0.2) is 4.57 Å². The summed E-state index contributed by atoms with van der Waals surface area (Å²) < 4.78 is 2.42. The Morgan fingerprint density at radius 1 is 1.06 bits per heavy atom. The van der Waals surface area contributed by atoms with Crippen molar-refractivity contribution in [2.75, 3.05) is 0 Å². The lowest BCUT2D eigenvalue weighted by molar-refractivity contribution is -0.704. The third-order valence-electron chi connectivity index (χ3n) is 2.82. The van der Waals surface area contributed by atoms with Gasteiger partial charge in [-0.15, -0.1) is 0 Å². The highest BCUT2D eigenvalue weighted by Gasteiger charge is 2.07. The Kier molecular flexibility index (Phi) is 10.2. The molecule has 1 rings (SSSR count). The molecule has 2 nitrogen and oxygen atoms in total. The summed E-state index contributed by atoms with van der Waals surface area (Å²) in [5.74, 6) is 0.